The topological polar surface area (TPSA) is 67.2 Å². The van der Waals surface area contributed by atoms with Crippen LogP contribution in [0.25, 0.3) is 10.2 Å². The molecule has 1 amide bonds. The lowest BCUT2D eigenvalue weighted by molar-refractivity contribution is -0.116. The first-order chi connectivity index (χ1) is 15.8. The number of fused-ring (bicyclic) bond motifs is 3. The standard InChI is InChI=1S/C26H34N4O2S/c1-6-17-9-8-10-18(7-2)24(17)28-22(31)15-30-21(14-29(4)5)27-25-23(26(30)32)19-12-11-16(3)13-20(19)33-25/h8-10,16H,6-7,11-15H2,1-5H3,(H,28,31). The quantitative estimate of drug-likeness (QED) is 0.560. The monoisotopic (exact) mass is 466 g/mol. The average Bonchev–Trinajstić information content (AvgIpc) is 3.13. The van der Waals surface area contributed by atoms with Gasteiger partial charge in [-0.3, -0.25) is 14.2 Å². The van der Waals surface area contributed by atoms with Crippen LogP contribution in [0.5, 0.6) is 0 Å². The fourth-order valence-corrected chi connectivity index (χ4v) is 6.15. The number of aryl methyl sites for hydroxylation is 3. The van der Waals surface area contributed by atoms with E-state index in [1.807, 2.05) is 37.2 Å². The highest BCUT2D eigenvalue weighted by Crippen LogP contribution is 2.36. The Labute approximate surface area is 199 Å². The third-order valence-electron chi connectivity index (χ3n) is 6.52. The van der Waals surface area contributed by atoms with Gasteiger partial charge in [-0.05, 0) is 68.8 Å². The highest BCUT2D eigenvalue weighted by Gasteiger charge is 2.25. The molecule has 7 heteroatoms. The lowest BCUT2D eigenvalue weighted by atomic mass is 9.89. The summed E-state index contributed by atoms with van der Waals surface area (Å²) in [6, 6.07) is 6.13. The number of hydrogen-bond acceptors (Lipinski definition) is 5. The van der Waals surface area contributed by atoms with E-state index in [0.717, 1.165) is 64.7 Å². The minimum atomic E-state index is -0.188. The molecule has 0 aliphatic heterocycles. The highest BCUT2D eigenvalue weighted by molar-refractivity contribution is 7.18. The molecule has 0 radical (unpaired) electrons. The van der Waals surface area contributed by atoms with Crippen molar-refractivity contribution < 1.29 is 4.79 Å². The predicted octanol–water partition coefficient (Wildman–Crippen LogP) is 4.41. The number of carbonyl (C=O) groups is 1. The molecule has 0 bridgehead atoms. The summed E-state index contributed by atoms with van der Waals surface area (Å²) in [7, 11) is 3.90. The van der Waals surface area contributed by atoms with Crippen LogP contribution in [0.4, 0.5) is 5.69 Å². The Morgan fingerprint density at radius 3 is 2.58 bits per heavy atom. The lowest BCUT2D eigenvalue weighted by Crippen LogP contribution is -2.33. The van der Waals surface area contributed by atoms with Crippen molar-refractivity contribution in [1.82, 2.24) is 14.5 Å². The number of benzene rings is 1. The Morgan fingerprint density at radius 1 is 1.24 bits per heavy atom. The molecule has 1 unspecified atom stereocenters. The number of para-hydroxylation sites is 1. The van der Waals surface area contributed by atoms with Gasteiger partial charge in [0.15, 0.2) is 0 Å². The van der Waals surface area contributed by atoms with E-state index >= 15 is 0 Å². The molecule has 33 heavy (non-hydrogen) atoms. The van der Waals surface area contributed by atoms with Gasteiger partial charge in [0, 0.05) is 10.6 Å². The summed E-state index contributed by atoms with van der Waals surface area (Å²) < 4.78 is 1.59. The number of anilines is 1. The van der Waals surface area contributed by atoms with Crippen molar-refractivity contribution in [1.29, 1.82) is 0 Å². The Morgan fingerprint density at radius 2 is 1.94 bits per heavy atom. The van der Waals surface area contributed by atoms with Gasteiger partial charge in [0.2, 0.25) is 5.91 Å². The van der Waals surface area contributed by atoms with Crippen LogP contribution in [-0.4, -0.2) is 34.5 Å². The molecule has 0 saturated heterocycles. The number of nitrogens with one attached hydrogen (secondary N) is 1. The summed E-state index contributed by atoms with van der Waals surface area (Å²) in [5, 5.41) is 3.83. The molecule has 3 aromatic rings. The minimum absolute atomic E-state index is 0.0346. The van der Waals surface area contributed by atoms with Gasteiger partial charge < -0.3 is 10.2 Å². The second-order valence-electron chi connectivity index (χ2n) is 9.40. The van der Waals surface area contributed by atoms with E-state index in [-0.39, 0.29) is 18.0 Å². The first-order valence-electron chi connectivity index (χ1n) is 11.9. The van der Waals surface area contributed by atoms with E-state index in [2.05, 4.69) is 26.1 Å². The van der Waals surface area contributed by atoms with Gasteiger partial charge in [0.1, 0.15) is 17.2 Å². The second-order valence-corrected chi connectivity index (χ2v) is 10.5. The molecule has 0 spiro atoms. The maximum Gasteiger partial charge on any atom is 0.263 e. The summed E-state index contributed by atoms with van der Waals surface area (Å²) >= 11 is 1.66. The third kappa shape index (κ3) is 4.75. The van der Waals surface area contributed by atoms with Crippen LogP contribution in [-0.2, 0) is 43.6 Å². The largest absolute Gasteiger partial charge is 0.324 e. The van der Waals surface area contributed by atoms with Crippen molar-refractivity contribution >= 4 is 33.1 Å². The SMILES string of the molecule is CCc1cccc(CC)c1NC(=O)Cn1c(CN(C)C)nc2sc3c(c2c1=O)CCC(C)C3. The third-order valence-corrected chi connectivity index (χ3v) is 7.67. The van der Waals surface area contributed by atoms with Gasteiger partial charge in [-0.15, -0.1) is 11.3 Å². The van der Waals surface area contributed by atoms with Gasteiger partial charge in [-0.25, -0.2) is 4.98 Å². The molecule has 1 atom stereocenters. The highest BCUT2D eigenvalue weighted by atomic mass is 32.1. The van der Waals surface area contributed by atoms with Gasteiger partial charge in [0.05, 0.1) is 11.9 Å². The van der Waals surface area contributed by atoms with E-state index in [4.69, 9.17) is 4.98 Å². The smallest absolute Gasteiger partial charge is 0.263 e. The Hall–Kier alpha value is -2.51. The maximum absolute atomic E-state index is 13.7. The van der Waals surface area contributed by atoms with Gasteiger partial charge in [-0.1, -0.05) is 39.0 Å². The van der Waals surface area contributed by atoms with Gasteiger partial charge in [-0.2, -0.15) is 0 Å². The summed E-state index contributed by atoms with van der Waals surface area (Å²) in [5.41, 5.74) is 4.17. The zero-order chi connectivity index (χ0) is 23.7. The molecule has 2 heterocycles. The summed E-state index contributed by atoms with van der Waals surface area (Å²) in [6.45, 7) is 6.90. The molecule has 6 nitrogen and oxygen atoms in total. The van der Waals surface area contributed by atoms with Crippen LogP contribution in [0.15, 0.2) is 23.0 Å². The van der Waals surface area contributed by atoms with Crippen LogP contribution in [0.1, 0.15) is 54.6 Å². The molecule has 2 aromatic heterocycles. The zero-order valence-corrected chi connectivity index (χ0v) is 21.1. The van der Waals surface area contributed by atoms with E-state index in [0.29, 0.717) is 18.3 Å². The van der Waals surface area contributed by atoms with Crippen LogP contribution in [0, 0.1) is 5.92 Å². The van der Waals surface area contributed by atoms with Crippen molar-refractivity contribution in [2.24, 2.45) is 5.92 Å². The number of hydrogen-bond donors (Lipinski definition) is 1. The number of rotatable bonds is 7. The Balaban J connectivity index is 1.74. The summed E-state index contributed by atoms with van der Waals surface area (Å²) in [6.07, 6.45) is 4.68. The molecular formula is C26H34N4O2S. The van der Waals surface area contributed by atoms with Crippen LogP contribution >= 0.6 is 11.3 Å². The lowest BCUT2D eigenvalue weighted by Gasteiger charge is -2.19. The number of carbonyl (C=O) groups excluding carboxylic acids is 1. The fourth-order valence-electron chi connectivity index (χ4n) is 4.76. The minimum Gasteiger partial charge on any atom is -0.324 e. The van der Waals surface area contributed by atoms with Crippen molar-refractivity contribution in [3.05, 3.63) is 55.9 Å². The molecule has 1 aromatic carbocycles. The van der Waals surface area contributed by atoms with Gasteiger partial charge >= 0.3 is 0 Å². The van der Waals surface area contributed by atoms with Crippen molar-refractivity contribution in [3.8, 4) is 0 Å². The van der Waals surface area contributed by atoms with E-state index in [9.17, 15) is 9.59 Å². The number of thiophene rings is 1. The van der Waals surface area contributed by atoms with Crippen LogP contribution in [0.3, 0.4) is 0 Å². The maximum atomic E-state index is 13.7. The van der Waals surface area contributed by atoms with Gasteiger partial charge in [0.25, 0.3) is 5.56 Å². The molecular weight excluding hydrogens is 432 g/mol. The fraction of sp³-hybridized carbons (Fsp3) is 0.500. The first-order valence-corrected chi connectivity index (χ1v) is 12.7. The molecule has 0 saturated carbocycles. The normalized spacial score (nSPS) is 15.8. The predicted molar refractivity (Wildman–Crippen MR) is 136 cm³/mol. The number of amides is 1. The summed E-state index contributed by atoms with van der Waals surface area (Å²) in [4.78, 5) is 35.9. The van der Waals surface area contributed by atoms with E-state index < -0.39 is 0 Å². The average molecular weight is 467 g/mol. The molecule has 0 fully saturated rings. The summed E-state index contributed by atoms with van der Waals surface area (Å²) in [5.74, 6) is 1.08. The van der Waals surface area contributed by atoms with E-state index in [1.165, 1.54) is 4.88 Å². The van der Waals surface area contributed by atoms with E-state index in [1.54, 1.807) is 15.9 Å². The molecule has 176 valence electrons. The number of aromatic nitrogens is 2. The molecule has 1 aliphatic carbocycles. The van der Waals surface area contributed by atoms with Crippen LogP contribution < -0.4 is 10.9 Å². The Kier molecular flexibility index (Phi) is 7.00. The second kappa shape index (κ2) is 9.77. The zero-order valence-electron chi connectivity index (χ0n) is 20.3. The first kappa shape index (κ1) is 23.6. The van der Waals surface area contributed by atoms with Crippen molar-refractivity contribution in [2.45, 2.75) is 66.0 Å². The van der Waals surface area contributed by atoms with Crippen molar-refractivity contribution in [2.75, 3.05) is 19.4 Å². The molecule has 1 aliphatic rings. The van der Waals surface area contributed by atoms with Crippen LogP contribution in [0.2, 0.25) is 0 Å². The Bertz CT molecular complexity index is 1220. The molecule has 1 N–H and O–H groups in total. The molecule has 4 rings (SSSR count). The number of nitrogens with zero attached hydrogens (tertiary/aromatic N) is 3. The van der Waals surface area contributed by atoms with Crippen molar-refractivity contribution in [3.63, 3.8) is 0 Å².